The number of carbonyl (C=O) groups excluding carboxylic acids is 1. The third kappa shape index (κ3) is 5.12. The number of nitrogens with zero attached hydrogens (tertiary/aromatic N) is 6. The Morgan fingerprint density at radius 1 is 1.09 bits per heavy atom. The number of thioether (sulfide) groups is 1. The number of rotatable bonds is 7. The van der Waals surface area contributed by atoms with Crippen LogP contribution in [0.4, 0.5) is 11.4 Å². The highest BCUT2D eigenvalue weighted by molar-refractivity contribution is 7.99. The molecular weight excluding hydrogens is 464 g/mol. The number of anilines is 1. The van der Waals surface area contributed by atoms with Crippen LogP contribution in [0.3, 0.4) is 0 Å². The van der Waals surface area contributed by atoms with Gasteiger partial charge in [0.1, 0.15) is 5.69 Å². The molecule has 0 N–H and O–H groups in total. The van der Waals surface area contributed by atoms with Gasteiger partial charge in [0.2, 0.25) is 5.91 Å². The van der Waals surface area contributed by atoms with Gasteiger partial charge in [-0.25, -0.2) is 0 Å². The lowest BCUT2D eigenvalue weighted by atomic mass is 10.2. The van der Waals surface area contributed by atoms with Gasteiger partial charge in [0.05, 0.1) is 10.7 Å². The summed E-state index contributed by atoms with van der Waals surface area (Å²) in [5.74, 6) is 1.01. The molecule has 9 nitrogen and oxygen atoms in total. The first kappa shape index (κ1) is 23.1. The third-order valence-electron chi connectivity index (χ3n) is 5.51. The van der Waals surface area contributed by atoms with Gasteiger partial charge in [-0.3, -0.25) is 14.9 Å². The number of carbonyl (C=O) groups is 1. The molecule has 33 heavy (non-hydrogen) atoms. The molecule has 1 aliphatic rings. The van der Waals surface area contributed by atoms with Crippen LogP contribution < -0.4 is 4.90 Å². The molecule has 2 heterocycles. The summed E-state index contributed by atoms with van der Waals surface area (Å²) >= 11 is 7.34. The second-order valence-electron chi connectivity index (χ2n) is 7.46. The first-order valence-corrected chi connectivity index (χ1v) is 11.9. The van der Waals surface area contributed by atoms with E-state index < -0.39 is 0 Å². The Balaban J connectivity index is 1.36. The molecule has 1 amide bonds. The predicted octanol–water partition coefficient (Wildman–Crippen LogP) is 3.97. The molecule has 0 bridgehead atoms. The zero-order valence-corrected chi connectivity index (χ0v) is 19.6. The number of nitro benzene ring substituents is 1. The average molecular weight is 487 g/mol. The lowest BCUT2D eigenvalue weighted by Gasteiger charge is -2.35. The van der Waals surface area contributed by atoms with Gasteiger partial charge in [-0.15, -0.1) is 10.2 Å². The van der Waals surface area contributed by atoms with Crippen LogP contribution >= 0.6 is 23.4 Å². The van der Waals surface area contributed by atoms with Crippen molar-refractivity contribution in [1.82, 2.24) is 19.7 Å². The molecule has 0 aliphatic carbocycles. The molecule has 4 rings (SSSR count). The van der Waals surface area contributed by atoms with Crippen LogP contribution in [0.25, 0.3) is 11.4 Å². The monoisotopic (exact) mass is 486 g/mol. The van der Waals surface area contributed by atoms with Crippen molar-refractivity contribution in [3.63, 3.8) is 0 Å². The molecule has 0 atom stereocenters. The van der Waals surface area contributed by atoms with Gasteiger partial charge in [0.25, 0.3) is 5.69 Å². The normalized spacial score (nSPS) is 13.9. The third-order valence-corrected chi connectivity index (χ3v) is 6.72. The molecule has 172 valence electrons. The molecule has 1 saturated heterocycles. The van der Waals surface area contributed by atoms with Crippen molar-refractivity contribution in [3.8, 4) is 11.4 Å². The summed E-state index contributed by atoms with van der Waals surface area (Å²) in [7, 11) is 0. The molecule has 1 aliphatic heterocycles. The van der Waals surface area contributed by atoms with Gasteiger partial charge in [-0.1, -0.05) is 35.5 Å². The number of benzene rings is 2. The smallest absolute Gasteiger partial charge is 0.292 e. The maximum atomic E-state index is 12.8. The fraction of sp³-hybridized carbons (Fsp3) is 0.318. The summed E-state index contributed by atoms with van der Waals surface area (Å²) in [6, 6.07) is 14.1. The summed E-state index contributed by atoms with van der Waals surface area (Å²) < 4.78 is 1.98. The zero-order chi connectivity index (χ0) is 23.4. The summed E-state index contributed by atoms with van der Waals surface area (Å²) in [6.45, 7) is 4.82. The molecule has 2 aromatic carbocycles. The number of halogens is 1. The molecule has 11 heteroatoms. The Labute approximate surface area is 200 Å². The second kappa shape index (κ2) is 10.2. The van der Waals surface area contributed by atoms with E-state index in [4.69, 9.17) is 11.6 Å². The van der Waals surface area contributed by atoms with Gasteiger partial charge in [-0.05, 0) is 37.3 Å². The van der Waals surface area contributed by atoms with E-state index >= 15 is 0 Å². The van der Waals surface area contributed by atoms with Gasteiger partial charge in [0.15, 0.2) is 11.0 Å². The molecule has 1 fully saturated rings. The molecule has 0 spiro atoms. The lowest BCUT2D eigenvalue weighted by Crippen LogP contribution is -2.49. The SMILES string of the molecule is CCn1c(SCC(=O)N2CCN(c3ccccc3[N+](=O)[O-])CC2)nnc1-c1ccc(Cl)cc1. The number of hydrogen-bond acceptors (Lipinski definition) is 7. The van der Waals surface area contributed by atoms with Crippen LogP contribution in [0, 0.1) is 10.1 Å². The predicted molar refractivity (Wildman–Crippen MR) is 129 cm³/mol. The number of aromatic nitrogens is 3. The highest BCUT2D eigenvalue weighted by Gasteiger charge is 2.26. The quantitative estimate of drug-likeness (QED) is 0.283. The van der Waals surface area contributed by atoms with Crippen molar-refractivity contribution in [2.45, 2.75) is 18.6 Å². The Morgan fingerprint density at radius 3 is 2.45 bits per heavy atom. The fourth-order valence-corrected chi connectivity index (χ4v) is 4.82. The molecule has 1 aromatic heterocycles. The van der Waals surface area contributed by atoms with Crippen molar-refractivity contribution >= 4 is 40.6 Å². The minimum absolute atomic E-state index is 0.0147. The second-order valence-corrected chi connectivity index (χ2v) is 8.84. The van der Waals surface area contributed by atoms with Gasteiger partial charge >= 0.3 is 0 Å². The van der Waals surface area contributed by atoms with Crippen LogP contribution in [0.15, 0.2) is 53.7 Å². The summed E-state index contributed by atoms with van der Waals surface area (Å²) in [4.78, 5) is 27.5. The van der Waals surface area contributed by atoms with Gasteiger partial charge in [0, 0.05) is 49.4 Å². The lowest BCUT2D eigenvalue weighted by molar-refractivity contribution is -0.384. The van der Waals surface area contributed by atoms with E-state index in [9.17, 15) is 14.9 Å². The Kier molecular flexibility index (Phi) is 7.14. The molecule has 0 radical (unpaired) electrons. The number of amides is 1. The van der Waals surface area contributed by atoms with Crippen molar-refractivity contribution in [2.75, 3.05) is 36.8 Å². The first-order valence-electron chi connectivity index (χ1n) is 10.6. The standard InChI is InChI=1S/C22H23ClN6O3S/c1-2-28-21(16-7-9-17(23)10-8-16)24-25-22(28)33-15-20(30)27-13-11-26(12-14-27)18-5-3-4-6-19(18)29(31)32/h3-10H,2,11-15H2,1H3. The van der Waals surface area contributed by atoms with Crippen LogP contribution in [0.5, 0.6) is 0 Å². The van der Waals surface area contributed by atoms with Crippen molar-refractivity contribution in [1.29, 1.82) is 0 Å². The van der Waals surface area contributed by atoms with Gasteiger partial charge in [-0.2, -0.15) is 0 Å². The maximum absolute atomic E-state index is 12.8. The number of piperazine rings is 1. The summed E-state index contributed by atoms with van der Waals surface area (Å²) in [6.07, 6.45) is 0. The summed E-state index contributed by atoms with van der Waals surface area (Å²) in [5.41, 5.74) is 1.59. The number of nitro groups is 1. The van der Waals surface area contributed by atoms with E-state index in [0.717, 1.165) is 11.4 Å². The van der Waals surface area contributed by atoms with E-state index in [2.05, 4.69) is 10.2 Å². The Bertz CT molecular complexity index is 1150. The molecular formula is C22H23ClN6O3S. The zero-order valence-electron chi connectivity index (χ0n) is 18.1. The van der Waals surface area contributed by atoms with Crippen molar-refractivity contribution in [3.05, 3.63) is 63.7 Å². The van der Waals surface area contributed by atoms with E-state index in [-0.39, 0.29) is 22.3 Å². The Morgan fingerprint density at radius 2 is 1.79 bits per heavy atom. The Hall–Kier alpha value is -3.11. The largest absolute Gasteiger partial charge is 0.362 e. The maximum Gasteiger partial charge on any atom is 0.292 e. The highest BCUT2D eigenvalue weighted by Crippen LogP contribution is 2.29. The van der Waals surface area contributed by atoms with E-state index in [0.29, 0.717) is 48.6 Å². The average Bonchev–Trinajstić information content (AvgIpc) is 3.26. The minimum Gasteiger partial charge on any atom is -0.362 e. The molecule has 0 unspecified atom stereocenters. The topological polar surface area (TPSA) is 97.4 Å². The van der Waals surface area contributed by atoms with Crippen molar-refractivity contribution in [2.24, 2.45) is 0 Å². The van der Waals surface area contributed by atoms with Crippen LogP contribution in [0.2, 0.25) is 5.02 Å². The van der Waals surface area contributed by atoms with Crippen molar-refractivity contribution < 1.29 is 9.72 Å². The minimum atomic E-state index is -0.369. The highest BCUT2D eigenvalue weighted by atomic mass is 35.5. The first-order chi connectivity index (χ1) is 16.0. The summed E-state index contributed by atoms with van der Waals surface area (Å²) in [5, 5.41) is 21.2. The van der Waals surface area contributed by atoms with Crippen LogP contribution in [-0.4, -0.2) is 62.4 Å². The van der Waals surface area contributed by atoms with E-state index in [1.165, 1.54) is 17.8 Å². The van der Waals surface area contributed by atoms with Crippen LogP contribution in [0.1, 0.15) is 6.92 Å². The van der Waals surface area contributed by atoms with E-state index in [1.54, 1.807) is 23.1 Å². The molecule has 3 aromatic rings. The van der Waals surface area contributed by atoms with Crippen LogP contribution in [-0.2, 0) is 11.3 Å². The fourth-order valence-electron chi connectivity index (χ4n) is 3.79. The molecule has 0 saturated carbocycles. The number of para-hydroxylation sites is 2. The van der Waals surface area contributed by atoms with Gasteiger partial charge < -0.3 is 14.4 Å². The number of hydrogen-bond donors (Lipinski definition) is 0. The van der Waals surface area contributed by atoms with E-state index in [1.807, 2.05) is 40.7 Å².